The van der Waals surface area contributed by atoms with Gasteiger partial charge in [-0.05, 0) is 44.0 Å². The van der Waals surface area contributed by atoms with Crippen LogP contribution in [0.4, 0.5) is 8.78 Å². The Bertz CT molecular complexity index is 1430. The van der Waals surface area contributed by atoms with Crippen molar-refractivity contribution in [2.45, 2.75) is 56.4 Å². The molecule has 1 fully saturated rings. The number of carbonyl (C=O) groups excluding carboxylic acids is 1. The molecule has 0 N–H and O–H groups in total. The number of nitrogens with zero attached hydrogens (tertiary/aromatic N) is 6. The van der Waals surface area contributed by atoms with Gasteiger partial charge in [-0.3, -0.25) is 9.78 Å². The Morgan fingerprint density at radius 1 is 1.17 bits per heavy atom. The quantitative estimate of drug-likeness (QED) is 0.472. The number of hydrogen-bond donors (Lipinski definition) is 0. The average Bonchev–Trinajstić information content (AvgIpc) is 3.18. The smallest absolute Gasteiger partial charge is 0.261 e. The molecule has 0 aliphatic carbocycles. The monoisotopic (exact) mass is 512 g/mol. The van der Waals surface area contributed by atoms with E-state index in [1.165, 1.54) is 13.1 Å². The number of ketones is 1. The van der Waals surface area contributed by atoms with Crippen LogP contribution in [0.1, 0.15) is 36.7 Å². The van der Waals surface area contributed by atoms with Crippen molar-refractivity contribution in [3.05, 3.63) is 65.8 Å². The van der Waals surface area contributed by atoms with E-state index in [-0.39, 0.29) is 24.8 Å². The lowest BCUT2D eigenvalue weighted by molar-refractivity contribution is -0.122. The van der Waals surface area contributed by atoms with Crippen molar-refractivity contribution >= 4 is 15.8 Å². The second-order valence-corrected chi connectivity index (χ2v) is 10.3. The summed E-state index contributed by atoms with van der Waals surface area (Å²) in [5.74, 6) is -0.624. The van der Waals surface area contributed by atoms with Crippen LogP contribution in [0.5, 0.6) is 0 Å². The topological polar surface area (TPSA) is 130 Å². The predicted molar refractivity (Wildman–Crippen MR) is 124 cm³/mol. The number of Topliss-reactive ketones (excluding diaryl/α,β-unsaturated/α-hetero) is 1. The SMILES string of the molecule is Cc1ncc(-c2cc(CCC(=O)[C@@H]3C[C@@H](F)[C@H](C)N3S(=O)(=O)c3ccc(F)cn3)c(C#N)cn2)cn1. The number of rotatable bonds is 7. The summed E-state index contributed by atoms with van der Waals surface area (Å²) >= 11 is 0. The van der Waals surface area contributed by atoms with Crippen LogP contribution >= 0.6 is 0 Å². The lowest BCUT2D eigenvalue weighted by atomic mass is 9.99. The zero-order valence-electron chi connectivity index (χ0n) is 19.5. The molecule has 4 rings (SSSR count). The van der Waals surface area contributed by atoms with Gasteiger partial charge >= 0.3 is 0 Å². The maximum absolute atomic E-state index is 14.6. The molecule has 1 saturated heterocycles. The summed E-state index contributed by atoms with van der Waals surface area (Å²) in [6.07, 6.45) is 3.47. The fraction of sp³-hybridized carbons (Fsp3) is 0.333. The highest BCUT2D eigenvalue weighted by Gasteiger charge is 2.49. The van der Waals surface area contributed by atoms with E-state index in [1.807, 2.05) is 6.07 Å². The van der Waals surface area contributed by atoms with E-state index in [1.54, 1.807) is 25.4 Å². The van der Waals surface area contributed by atoms with Crippen LogP contribution in [-0.2, 0) is 21.2 Å². The molecule has 0 unspecified atom stereocenters. The Morgan fingerprint density at radius 3 is 2.53 bits per heavy atom. The van der Waals surface area contributed by atoms with Crippen LogP contribution in [0.15, 0.2) is 48.0 Å². The Balaban J connectivity index is 1.57. The van der Waals surface area contributed by atoms with Crippen molar-refractivity contribution in [3.63, 3.8) is 0 Å². The zero-order valence-corrected chi connectivity index (χ0v) is 20.3. The minimum atomic E-state index is -4.36. The highest BCUT2D eigenvalue weighted by Crippen LogP contribution is 2.34. The first kappa shape index (κ1) is 25.4. The third kappa shape index (κ3) is 4.98. The van der Waals surface area contributed by atoms with E-state index < -0.39 is 44.9 Å². The van der Waals surface area contributed by atoms with Crippen LogP contribution in [0, 0.1) is 24.1 Å². The lowest BCUT2D eigenvalue weighted by Gasteiger charge is -2.26. The summed E-state index contributed by atoms with van der Waals surface area (Å²) in [5, 5.41) is 9.02. The van der Waals surface area contributed by atoms with Gasteiger partial charge in [-0.15, -0.1) is 0 Å². The predicted octanol–water partition coefficient (Wildman–Crippen LogP) is 2.94. The van der Waals surface area contributed by atoms with Gasteiger partial charge in [0.15, 0.2) is 10.8 Å². The largest absolute Gasteiger partial charge is 0.298 e. The van der Waals surface area contributed by atoms with Crippen LogP contribution in [0.2, 0.25) is 0 Å². The van der Waals surface area contributed by atoms with E-state index in [9.17, 15) is 27.3 Å². The second kappa shape index (κ2) is 10.1. The standard InChI is InChI=1S/C24H22F2N6O3S/c1-14-20(26)8-22(32(14)36(34,35)24-6-4-19(25)13-31-24)23(33)5-3-16-7-21(30-10-17(16)9-27)18-11-28-15(2)29-12-18/h4,6-7,10-14,20,22H,3,5,8H2,1-2H3/t14-,20+,22-/m0/s1. The maximum atomic E-state index is 14.6. The third-order valence-corrected chi connectivity index (χ3v) is 8.03. The minimum absolute atomic E-state index is 0.120. The number of hydrogen-bond acceptors (Lipinski definition) is 8. The number of halogens is 2. The fourth-order valence-electron chi connectivity index (χ4n) is 4.15. The number of pyridine rings is 2. The summed E-state index contributed by atoms with van der Waals surface area (Å²) < 4.78 is 55.1. The number of aromatic nitrogens is 4. The van der Waals surface area contributed by atoms with Crippen molar-refractivity contribution in [3.8, 4) is 17.3 Å². The summed E-state index contributed by atoms with van der Waals surface area (Å²) in [5.41, 5.74) is 1.95. The molecule has 1 aliphatic rings. The van der Waals surface area contributed by atoms with Gasteiger partial charge in [-0.25, -0.2) is 32.2 Å². The van der Waals surface area contributed by atoms with E-state index in [0.29, 0.717) is 22.6 Å². The Kier molecular flexibility index (Phi) is 7.14. The van der Waals surface area contributed by atoms with E-state index in [2.05, 4.69) is 19.9 Å². The average molecular weight is 513 g/mol. The molecule has 3 aromatic heterocycles. The third-order valence-electron chi connectivity index (χ3n) is 6.12. The number of aryl methyl sites for hydroxylation is 2. The van der Waals surface area contributed by atoms with Gasteiger partial charge in [0, 0.05) is 37.0 Å². The molecule has 0 spiro atoms. The molecule has 3 atom stereocenters. The van der Waals surface area contributed by atoms with Gasteiger partial charge in [0.25, 0.3) is 10.0 Å². The molecule has 36 heavy (non-hydrogen) atoms. The van der Waals surface area contributed by atoms with Gasteiger partial charge in [0.1, 0.15) is 23.9 Å². The normalized spacial score (nSPS) is 20.2. The fourth-order valence-corrected chi connectivity index (χ4v) is 5.90. The number of nitriles is 1. The first-order valence-corrected chi connectivity index (χ1v) is 12.6. The van der Waals surface area contributed by atoms with Crippen molar-refractivity contribution in [1.29, 1.82) is 5.26 Å². The van der Waals surface area contributed by atoms with Crippen molar-refractivity contribution in [2.75, 3.05) is 0 Å². The van der Waals surface area contributed by atoms with Gasteiger partial charge in [0.05, 0.1) is 29.5 Å². The van der Waals surface area contributed by atoms with E-state index in [4.69, 9.17) is 0 Å². The van der Waals surface area contributed by atoms with Gasteiger partial charge in [-0.2, -0.15) is 9.57 Å². The van der Waals surface area contributed by atoms with Crippen LogP contribution in [0.25, 0.3) is 11.3 Å². The van der Waals surface area contributed by atoms with Crippen LogP contribution < -0.4 is 0 Å². The van der Waals surface area contributed by atoms with E-state index >= 15 is 0 Å². The molecule has 0 aromatic carbocycles. The summed E-state index contributed by atoms with van der Waals surface area (Å²) in [6.45, 7) is 3.13. The second-order valence-electron chi connectivity index (χ2n) is 8.48. The highest BCUT2D eigenvalue weighted by molar-refractivity contribution is 7.89. The minimum Gasteiger partial charge on any atom is -0.298 e. The number of carbonyl (C=O) groups is 1. The number of alkyl halides is 1. The zero-order chi connectivity index (χ0) is 26.0. The Hall–Kier alpha value is -3.69. The Labute approximate surface area is 206 Å². The molecule has 186 valence electrons. The number of sulfonamides is 1. The molecule has 9 nitrogen and oxygen atoms in total. The molecular weight excluding hydrogens is 490 g/mol. The maximum Gasteiger partial charge on any atom is 0.261 e. The van der Waals surface area contributed by atoms with Crippen LogP contribution in [0.3, 0.4) is 0 Å². The van der Waals surface area contributed by atoms with Crippen LogP contribution in [-0.4, -0.2) is 56.7 Å². The summed E-state index contributed by atoms with van der Waals surface area (Å²) in [7, 11) is -4.36. The first-order chi connectivity index (χ1) is 17.1. The molecule has 0 radical (unpaired) electrons. The molecular formula is C24H22F2N6O3S. The van der Waals surface area contributed by atoms with E-state index in [0.717, 1.165) is 22.6 Å². The van der Waals surface area contributed by atoms with Crippen molar-refractivity contribution < 1.29 is 22.0 Å². The van der Waals surface area contributed by atoms with Gasteiger partial charge in [0.2, 0.25) is 0 Å². The van der Waals surface area contributed by atoms with Crippen molar-refractivity contribution in [1.82, 2.24) is 24.2 Å². The summed E-state index contributed by atoms with van der Waals surface area (Å²) in [4.78, 5) is 29.3. The molecule has 0 saturated carbocycles. The molecule has 0 bridgehead atoms. The molecule has 3 aromatic rings. The van der Waals surface area contributed by atoms with Crippen molar-refractivity contribution in [2.24, 2.45) is 0 Å². The molecule has 0 amide bonds. The van der Waals surface area contributed by atoms with Gasteiger partial charge in [-0.1, -0.05) is 0 Å². The molecule has 4 heterocycles. The lowest BCUT2D eigenvalue weighted by Crippen LogP contribution is -2.45. The molecule has 1 aliphatic heterocycles. The highest BCUT2D eigenvalue weighted by atomic mass is 32.2. The van der Waals surface area contributed by atoms with Gasteiger partial charge < -0.3 is 0 Å². The first-order valence-electron chi connectivity index (χ1n) is 11.1. The molecule has 12 heteroatoms. The summed E-state index contributed by atoms with van der Waals surface area (Å²) in [6, 6.07) is 3.28. The Morgan fingerprint density at radius 2 is 1.89 bits per heavy atom.